The number of ether oxygens (including phenoxy) is 1. The average Bonchev–Trinajstić information content (AvgIpc) is 2.77. The van der Waals surface area contributed by atoms with E-state index in [2.05, 4.69) is 10.6 Å². The number of carbonyl (C=O) groups excluding carboxylic acids is 4. The number of nitrogens with one attached hydrogen (secondary N) is 3. The summed E-state index contributed by atoms with van der Waals surface area (Å²) in [6.45, 7) is 8.62. The fourth-order valence-electron chi connectivity index (χ4n) is 2.81. The average molecular weight is 485 g/mol. The predicted octanol–water partition coefficient (Wildman–Crippen LogP) is 0.859. The highest BCUT2D eigenvalue weighted by molar-refractivity contribution is 7.89. The first kappa shape index (κ1) is 28.0. The smallest absolute Gasteiger partial charge is 0.329 e. The summed E-state index contributed by atoms with van der Waals surface area (Å²) in [6.07, 6.45) is -1.28. The molecule has 0 fully saturated rings. The molecule has 1 unspecified atom stereocenters. The van der Waals surface area contributed by atoms with Crippen molar-refractivity contribution in [2.75, 3.05) is 20.1 Å². The van der Waals surface area contributed by atoms with E-state index < -0.39 is 51.9 Å². The highest BCUT2D eigenvalue weighted by Crippen LogP contribution is 2.17. The van der Waals surface area contributed by atoms with Crippen LogP contribution in [0.25, 0.3) is 0 Å². The molecule has 0 aliphatic carbocycles. The fraction of sp³-hybridized carbons (Fsp3) is 0.524. The van der Waals surface area contributed by atoms with Gasteiger partial charge in [0, 0.05) is 25.7 Å². The van der Waals surface area contributed by atoms with Crippen molar-refractivity contribution in [2.24, 2.45) is 5.92 Å². The SMILES string of the molecule is CCN(CC)S(=O)(=O)c1cccc(C(=O)N[C@H](C(=O)OC(C)C(=O)NC(=O)NC)C(C)C)c1. The Morgan fingerprint density at radius 3 is 2.18 bits per heavy atom. The standard InChI is InChI=1S/C21H32N4O7S/c1-7-25(8-2)33(30,31)16-11-9-10-15(12-16)19(27)23-17(13(3)4)20(28)32-14(5)18(26)24-21(29)22-6/h9-14,17H,7-8H2,1-6H3,(H,23,27)(H2,22,24,26,29)/t14?,17-/m0/s1. The van der Waals surface area contributed by atoms with Crippen molar-refractivity contribution in [3.8, 4) is 0 Å². The van der Waals surface area contributed by atoms with E-state index in [1.54, 1.807) is 27.7 Å². The molecule has 33 heavy (non-hydrogen) atoms. The zero-order valence-corrected chi connectivity index (χ0v) is 20.5. The maximum Gasteiger partial charge on any atom is 0.329 e. The van der Waals surface area contributed by atoms with Crippen LogP contribution in [-0.4, -0.2) is 68.8 Å². The predicted molar refractivity (Wildman–Crippen MR) is 121 cm³/mol. The summed E-state index contributed by atoms with van der Waals surface area (Å²) in [7, 11) is -2.45. The number of esters is 1. The van der Waals surface area contributed by atoms with Gasteiger partial charge in [0.2, 0.25) is 10.0 Å². The van der Waals surface area contributed by atoms with Gasteiger partial charge in [-0.2, -0.15) is 4.31 Å². The molecular formula is C21H32N4O7S. The molecule has 0 aromatic heterocycles. The molecule has 0 spiro atoms. The molecule has 1 rings (SSSR count). The second kappa shape index (κ2) is 12.3. The van der Waals surface area contributed by atoms with Crippen molar-refractivity contribution < 1.29 is 32.3 Å². The van der Waals surface area contributed by atoms with Crippen LogP contribution in [0.4, 0.5) is 4.79 Å². The topological polar surface area (TPSA) is 151 Å². The summed E-state index contributed by atoms with van der Waals surface area (Å²) in [5.41, 5.74) is 0.0482. The first-order valence-corrected chi connectivity index (χ1v) is 12.0. The van der Waals surface area contributed by atoms with E-state index in [1.165, 1.54) is 42.5 Å². The molecule has 0 aliphatic rings. The van der Waals surface area contributed by atoms with Gasteiger partial charge in [-0.15, -0.1) is 0 Å². The Balaban J connectivity index is 3.01. The van der Waals surface area contributed by atoms with Gasteiger partial charge in [0.1, 0.15) is 6.04 Å². The molecule has 3 N–H and O–H groups in total. The first-order valence-electron chi connectivity index (χ1n) is 10.5. The van der Waals surface area contributed by atoms with Crippen molar-refractivity contribution in [1.29, 1.82) is 0 Å². The minimum Gasteiger partial charge on any atom is -0.451 e. The van der Waals surface area contributed by atoms with Crippen molar-refractivity contribution in [3.63, 3.8) is 0 Å². The number of urea groups is 1. The van der Waals surface area contributed by atoms with Crippen LogP contribution in [-0.2, 0) is 24.3 Å². The zero-order valence-electron chi connectivity index (χ0n) is 19.7. The summed E-state index contributed by atoms with van der Waals surface area (Å²) >= 11 is 0. The van der Waals surface area contributed by atoms with Gasteiger partial charge in [0.05, 0.1) is 4.90 Å². The maximum absolute atomic E-state index is 12.8. The molecule has 11 nitrogen and oxygen atoms in total. The van der Waals surface area contributed by atoms with E-state index in [0.29, 0.717) is 0 Å². The van der Waals surface area contributed by atoms with Gasteiger partial charge < -0.3 is 15.4 Å². The number of hydrogen-bond acceptors (Lipinski definition) is 7. The van der Waals surface area contributed by atoms with Crippen molar-refractivity contribution in [3.05, 3.63) is 29.8 Å². The number of carbonyl (C=O) groups is 4. The van der Waals surface area contributed by atoms with Crippen LogP contribution in [0.1, 0.15) is 45.0 Å². The van der Waals surface area contributed by atoms with Crippen LogP contribution >= 0.6 is 0 Å². The molecule has 1 aromatic carbocycles. The number of sulfonamides is 1. The lowest BCUT2D eigenvalue weighted by molar-refractivity contribution is -0.157. The van der Waals surface area contributed by atoms with E-state index in [0.717, 1.165) is 0 Å². The monoisotopic (exact) mass is 484 g/mol. The molecule has 0 saturated carbocycles. The fourth-order valence-corrected chi connectivity index (χ4v) is 4.31. The Bertz CT molecular complexity index is 975. The van der Waals surface area contributed by atoms with Crippen molar-refractivity contribution in [2.45, 2.75) is 51.7 Å². The van der Waals surface area contributed by atoms with Crippen LogP contribution < -0.4 is 16.0 Å². The normalized spacial score (nSPS) is 13.2. The quantitative estimate of drug-likeness (QED) is 0.417. The van der Waals surface area contributed by atoms with E-state index in [-0.39, 0.29) is 23.5 Å². The molecule has 4 amide bonds. The molecule has 0 bridgehead atoms. The summed E-state index contributed by atoms with van der Waals surface area (Å²) in [6, 6.07) is 3.64. The molecule has 184 valence electrons. The first-order chi connectivity index (χ1) is 15.4. The van der Waals surface area contributed by atoms with E-state index in [4.69, 9.17) is 4.74 Å². The zero-order chi connectivity index (χ0) is 25.3. The maximum atomic E-state index is 12.8. The second-order valence-corrected chi connectivity index (χ2v) is 9.40. The van der Waals surface area contributed by atoms with Gasteiger partial charge in [-0.1, -0.05) is 33.8 Å². The third-order valence-electron chi connectivity index (χ3n) is 4.77. The summed E-state index contributed by atoms with van der Waals surface area (Å²) in [5, 5.41) is 6.73. The summed E-state index contributed by atoms with van der Waals surface area (Å²) < 4.78 is 31.9. The Labute approximate surface area is 194 Å². The van der Waals surface area contributed by atoms with Crippen LogP contribution in [0.2, 0.25) is 0 Å². The largest absolute Gasteiger partial charge is 0.451 e. The lowest BCUT2D eigenvalue weighted by Gasteiger charge is -2.23. The van der Waals surface area contributed by atoms with Gasteiger partial charge in [-0.3, -0.25) is 14.9 Å². The molecule has 0 radical (unpaired) electrons. The van der Waals surface area contributed by atoms with Crippen molar-refractivity contribution in [1.82, 2.24) is 20.3 Å². The number of rotatable bonds is 10. The number of hydrogen-bond donors (Lipinski definition) is 3. The molecule has 12 heteroatoms. The van der Waals surface area contributed by atoms with Gasteiger partial charge in [0.15, 0.2) is 6.10 Å². The van der Waals surface area contributed by atoms with Crippen molar-refractivity contribution >= 4 is 33.8 Å². The minimum absolute atomic E-state index is 0.0398. The van der Waals surface area contributed by atoms with Crippen LogP contribution in [0, 0.1) is 5.92 Å². The Kier molecular flexibility index (Phi) is 10.5. The van der Waals surface area contributed by atoms with Gasteiger partial charge in [-0.25, -0.2) is 18.0 Å². The molecular weight excluding hydrogens is 452 g/mol. The van der Waals surface area contributed by atoms with E-state index in [9.17, 15) is 27.6 Å². The lowest BCUT2D eigenvalue weighted by Crippen LogP contribution is -2.49. The number of imide groups is 1. The molecule has 1 aromatic rings. The van der Waals surface area contributed by atoms with Crippen LogP contribution in [0.3, 0.4) is 0 Å². The lowest BCUT2D eigenvalue weighted by atomic mass is 10.0. The van der Waals surface area contributed by atoms with Crippen LogP contribution in [0.5, 0.6) is 0 Å². The Morgan fingerprint density at radius 2 is 1.67 bits per heavy atom. The van der Waals surface area contributed by atoms with E-state index in [1.807, 2.05) is 5.32 Å². The second-order valence-electron chi connectivity index (χ2n) is 7.46. The highest BCUT2D eigenvalue weighted by atomic mass is 32.2. The number of nitrogens with zero attached hydrogens (tertiary/aromatic N) is 1. The van der Waals surface area contributed by atoms with E-state index >= 15 is 0 Å². The summed E-state index contributed by atoms with van der Waals surface area (Å²) in [4.78, 5) is 48.5. The number of benzene rings is 1. The van der Waals surface area contributed by atoms with Crippen LogP contribution in [0.15, 0.2) is 29.2 Å². The highest BCUT2D eigenvalue weighted by Gasteiger charge is 2.30. The Hall–Kier alpha value is -2.99. The molecule has 2 atom stereocenters. The minimum atomic E-state index is -3.77. The third-order valence-corrected chi connectivity index (χ3v) is 6.82. The molecule has 0 heterocycles. The molecule has 0 saturated heterocycles. The van der Waals surface area contributed by atoms with Gasteiger partial charge in [0.25, 0.3) is 11.8 Å². The van der Waals surface area contributed by atoms with Gasteiger partial charge in [-0.05, 0) is 31.0 Å². The number of amides is 4. The summed E-state index contributed by atoms with van der Waals surface area (Å²) in [5.74, 6) is -2.78. The Morgan fingerprint density at radius 1 is 1.06 bits per heavy atom. The third kappa shape index (κ3) is 7.53. The molecule has 0 aliphatic heterocycles. The van der Waals surface area contributed by atoms with Gasteiger partial charge >= 0.3 is 12.0 Å².